The second kappa shape index (κ2) is 11.1. The van der Waals surface area contributed by atoms with Crippen molar-refractivity contribution in [2.24, 2.45) is 0 Å². The Hall–Kier alpha value is -3.15. The molecule has 0 aliphatic carbocycles. The van der Waals surface area contributed by atoms with Crippen LogP contribution in [0.2, 0.25) is 0 Å². The lowest BCUT2D eigenvalue weighted by Crippen LogP contribution is -2.32. The number of aliphatic hydroxyl groups excluding tert-OH is 1. The van der Waals surface area contributed by atoms with Crippen LogP contribution in [0, 0.1) is 0 Å². The third kappa shape index (κ3) is 5.58. The molecule has 0 amide bonds. The fourth-order valence-corrected chi connectivity index (χ4v) is 4.77. The molecule has 2 aliphatic rings. The number of methoxy groups -OCH3 is 1. The highest BCUT2D eigenvalue weighted by Gasteiger charge is 2.22. The maximum atomic E-state index is 9.26. The van der Waals surface area contributed by atoms with Crippen molar-refractivity contribution in [2.75, 3.05) is 75.2 Å². The molecule has 11 nitrogen and oxygen atoms in total. The number of hydrogen-bond donors (Lipinski definition) is 4. The number of fused-ring (bicyclic) bond motifs is 1. The van der Waals surface area contributed by atoms with Crippen molar-refractivity contribution < 1.29 is 19.6 Å². The molecule has 35 heavy (non-hydrogen) atoms. The fourth-order valence-electron chi connectivity index (χ4n) is 4.77. The zero-order chi connectivity index (χ0) is 24.0. The number of hydrogen-bond acceptors (Lipinski definition) is 9. The Morgan fingerprint density at radius 2 is 2.09 bits per heavy atom. The summed E-state index contributed by atoms with van der Waals surface area (Å²) in [6.07, 6.45) is 4.72. The van der Waals surface area contributed by atoms with Gasteiger partial charge in [-0.1, -0.05) is 4.98 Å². The molecule has 1 aromatic carbocycles. The monoisotopic (exact) mass is 483 g/mol. The first kappa shape index (κ1) is 23.6. The van der Waals surface area contributed by atoms with Crippen LogP contribution in [-0.2, 0) is 4.74 Å². The van der Waals surface area contributed by atoms with Crippen LogP contribution < -0.4 is 25.3 Å². The Labute approximate surface area is 204 Å². The van der Waals surface area contributed by atoms with Crippen LogP contribution in [0.25, 0.3) is 11.2 Å². The van der Waals surface area contributed by atoms with E-state index in [1.807, 2.05) is 6.07 Å². The molecular formula is C24H35N8O3+. The minimum atomic E-state index is 0.203. The van der Waals surface area contributed by atoms with Gasteiger partial charge in [0.1, 0.15) is 5.75 Å². The average molecular weight is 484 g/mol. The molecule has 2 aromatic heterocycles. The van der Waals surface area contributed by atoms with Gasteiger partial charge in [0.15, 0.2) is 12.1 Å². The number of imidazole rings is 1. The lowest BCUT2D eigenvalue weighted by atomic mass is 10.1. The van der Waals surface area contributed by atoms with Crippen molar-refractivity contribution in [1.29, 1.82) is 0 Å². The number of ether oxygens (including phenoxy) is 2. The van der Waals surface area contributed by atoms with E-state index in [9.17, 15) is 5.11 Å². The number of nitrogens with one attached hydrogen (secondary N) is 4. The van der Waals surface area contributed by atoms with E-state index in [2.05, 4.69) is 47.5 Å². The topological polar surface area (TPSA) is 125 Å². The Morgan fingerprint density at radius 1 is 1.20 bits per heavy atom. The number of H-pyrrole nitrogens is 2. The number of benzene rings is 1. The Kier molecular flexibility index (Phi) is 7.45. The summed E-state index contributed by atoms with van der Waals surface area (Å²) in [5.41, 5.74) is 3.50. The molecule has 0 radical (unpaired) electrons. The van der Waals surface area contributed by atoms with Gasteiger partial charge >= 0.3 is 11.6 Å². The zero-order valence-corrected chi connectivity index (χ0v) is 20.2. The lowest BCUT2D eigenvalue weighted by Gasteiger charge is -2.24. The van der Waals surface area contributed by atoms with Crippen LogP contribution in [0.5, 0.6) is 5.75 Å². The van der Waals surface area contributed by atoms with E-state index >= 15 is 0 Å². The number of aliphatic hydroxyl groups is 1. The van der Waals surface area contributed by atoms with Crippen molar-refractivity contribution in [3.05, 3.63) is 24.5 Å². The predicted molar refractivity (Wildman–Crippen MR) is 135 cm³/mol. The van der Waals surface area contributed by atoms with Gasteiger partial charge in [0.2, 0.25) is 5.52 Å². The van der Waals surface area contributed by atoms with E-state index in [0.717, 1.165) is 99.3 Å². The van der Waals surface area contributed by atoms with E-state index in [0.29, 0.717) is 12.0 Å². The van der Waals surface area contributed by atoms with Gasteiger partial charge in [-0.2, -0.15) is 4.98 Å². The molecule has 5 rings (SSSR count). The van der Waals surface area contributed by atoms with Crippen molar-refractivity contribution in [1.82, 2.24) is 19.9 Å². The highest BCUT2D eigenvalue weighted by atomic mass is 16.5. The van der Waals surface area contributed by atoms with Crippen molar-refractivity contribution >= 4 is 34.3 Å². The third-order valence-corrected chi connectivity index (χ3v) is 6.70. The first-order valence-corrected chi connectivity index (χ1v) is 12.4. The highest BCUT2D eigenvalue weighted by molar-refractivity contribution is 5.82. The minimum Gasteiger partial charge on any atom is -0.494 e. The van der Waals surface area contributed by atoms with Crippen LogP contribution in [0.1, 0.15) is 19.3 Å². The van der Waals surface area contributed by atoms with Crippen LogP contribution in [-0.4, -0.2) is 90.7 Å². The number of aromatic nitrogens is 4. The van der Waals surface area contributed by atoms with Gasteiger partial charge in [0.05, 0.1) is 19.4 Å². The number of nitrogens with zero attached hydrogens (tertiary/aromatic N) is 4. The number of aromatic amines is 2. The number of anilines is 4. The standard InChI is InChI=1S/C24H34N8O3/c1-34-20-15-18(32-8-2-7-31(9-10-32)11-12-33)3-4-19(20)28-24-29-22-21(25-16-26-22)23(30-24)27-17-5-13-35-14-6-17/h3-4,15-17,33H,2,5-14H2,1H3,(H3,25,26,27,28,29,30)/p+1. The van der Waals surface area contributed by atoms with E-state index in [1.165, 1.54) is 0 Å². The molecule has 0 atom stereocenters. The van der Waals surface area contributed by atoms with Gasteiger partial charge < -0.3 is 30.1 Å². The van der Waals surface area contributed by atoms with Gasteiger partial charge in [0.25, 0.3) is 0 Å². The molecule has 0 bridgehead atoms. The molecule has 2 saturated heterocycles. The molecule has 2 aliphatic heterocycles. The highest BCUT2D eigenvalue weighted by Crippen LogP contribution is 2.32. The number of rotatable bonds is 8. The van der Waals surface area contributed by atoms with Crippen LogP contribution >= 0.6 is 0 Å². The largest absolute Gasteiger partial charge is 0.494 e. The van der Waals surface area contributed by atoms with Gasteiger partial charge in [-0.3, -0.25) is 9.88 Å². The molecule has 11 heteroatoms. The second-order valence-corrected chi connectivity index (χ2v) is 9.00. The van der Waals surface area contributed by atoms with E-state index in [-0.39, 0.29) is 6.61 Å². The van der Waals surface area contributed by atoms with Crippen molar-refractivity contribution in [2.45, 2.75) is 25.3 Å². The molecular weight excluding hydrogens is 448 g/mol. The number of β-amino-alcohol motifs (C(OH)–C–C–N with tert-alkyl or cyclic N) is 1. The Bertz CT molecular complexity index is 1120. The molecule has 0 spiro atoms. The molecule has 0 saturated carbocycles. The van der Waals surface area contributed by atoms with Gasteiger partial charge in [-0.25, -0.2) is 4.98 Å². The van der Waals surface area contributed by atoms with Crippen LogP contribution in [0.4, 0.5) is 23.1 Å². The Balaban J connectivity index is 1.34. The van der Waals surface area contributed by atoms with Crippen molar-refractivity contribution in [3.8, 4) is 5.75 Å². The average Bonchev–Trinajstić information content (AvgIpc) is 3.24. The summed E-state index contributed by atoms with van der Waals surface area (Å²) in [5, 5.41) is 16.2. The third-order valence-electron chi connectivity index (χ3n) is 6.70. The van der Waals surface area contributed by atoms with Gasteiger partial charge in [-0.05, 0) is 37.9 Å². The normalized spacial score (nSPS) is 17.9. The summed E-state index contributed by atoms with van der Waals surface area (Å²) < 4.78 is 11.2. The summed E-state index contributed by atoms with van der Waals surface area (Å²) in [6.45, 7) is 6.29. The summed E-state index contributed by atoms with van der Waals surface area (Å²) in [4.78, 5) is 20.5. The molecule has 4 heterocycles. The first-order chi connectivity index (χ1) is 17.2. The van der Waals surface area contributed by atoms with Gasteiger partial charge in [0, 0.05) is 57.2 Å². The van der Waals surface area contributed by atoms with Crippen LogP contribution in [0.3, 0.4) is 0 Å². The van der Waals surface area contributed by atoms with Crippen molar-refractivity contribution in [3.63, 3.8) is 0 Å². The minimum absolute atomic E-state index is 0.203. The quantitative estimate of drug-likeness (QED) is 0.378. The smallest absolute Gasteiger partial charge is 0.307 e. The summed E-state index contributed by atoms with van der Waals surface area (Å²) in [5.74, 6) is 1.99. The lowest BCUT2D eigenvalue weighted by molar-refractivity contribution is -0.347. The molecule has 2 fully saturated rings. The maximum Gasteiger partial charge on any atom is 0.307 e. The SMILES string of the molecule is COc1cc(N2CCCN(CCO)CC2)ccc1Nc1nc(NC2CCOCC2)c2[nH]c[nH+]c2n1. The van der Waals surface area contributed by atoms with E-state index in [4.69, 9.17) is 14.5 Å². The second-order valence-electron chi connectivity index (χ2n) is 9.00. The molecule has 0 unspecified atom stereocenters. The van der Waals surface area contributed by atoms with E-state index < -0.39 is 0 Å². The van der Waals surface area contributed by atoms with Crippen LogP contribution in [0.15, 0.2) is 24.5 Å². The fraction of sp³-hybridized carbons (Fsp3) is 0.542. The first-order valence-electron chi connectivity index (χ1n) is 12.4. The predicted octanol–water partition coefficient (Wildman–Crippen LogP) is 1.62. The summed E-state index contributed by atoms with van der Waals surface area (Å²) in [7, 11) is 1.68. The molecule has 5 N–H and O–H groups in total. The maximum absolute atomic E-state index is 9.26. The zero-order valence-electron chi connectivity index (χ0n) is 20.2. The summed E-state index contributed by atoms with van der Waals surface area (Å²) in [6, 6.07) is 6.50. The van der Waals surface area contributed by atoms with Gasteiger partial charge in [-0.15, -0.1) is 0 Å². The molecule has 3 aromatic rings. The Morgan fingerprint density at radius 3 is 2.91 bits per heavy atom. The molecule has 188 valence electrons. The summed E-state index contributed by atoms with van der Waals surface area (Å²) >= 11 is 0. The van der Waals surface area contributed by atoms with E-state index in [1.54, 1.807) is 13.4 Å².